The number of nitrogens with two attached hydrogens (primary N) is 1. The van der Waals surface area contributed by atoms with Crippen LogP contribution in [0, 0.1) is 26.2 Å². The molecule has 0 radical (unpaired) electrons. The highest BCUT2D eigenvalue weighted by atomic mass is 15.0. The van der Waals surface area contributed by atoms with Crippen molar-refractivity contribution in [2.45, 2.75) is 85.6 Å². The van der Waals surface area contributed by atoms with Gasteiger partial charge in [-0.1, -0.05) is 38.8 Å². The molecule has 0 bridgehead atoms. The lowest BCUT2D eigenvalue weighted by atomic mass is 9.68. The van der Waals surface area contributed by atoms with E-state index in [1.807, 2.05) is 6.07 Å². The number of hydrogen-bond donors (Lipinski definition) is 1. The van der Waals surface area contributed by atoms with Gasteiger partial charge >= 0.3 is 0 Å². The van der Waals surface area contributed by atoms with Crippen LogP contribution in [0.15, 0.2) is 36.5 Å². The fourth-order valence-electron chi connectivity index (χ4n) is 5.77. The number of nitrogen functional groups attached to an aromatic ring is 1. The molecule has 3 aromatic rings. The van der Waals surface area contributed by atoms with Gasteiger partial charge in [0, 0.05) is 34.4 Å². The third-order valence-corrected chi connectivity index (χ3v) is 8.05. The molecule has 0 amide bonds. The largest absolute Gasteiger partial charge is 0.398 e. The number of anilines is 1. The predicted octanol–water partition coefficient (Wildman–Crippen LogP) is 8.13. The first-order valence-electron chi connectivity index (χ1n) is 11.9. The number of rotatable bonds is 5. The SMILES string of the molecule is CCCC1(CC)CCC(n2cc(-c3cccc(N)c3C)c3cc(C)c(C)cc32)CC1. The summed E-state index contributed by atoms with van der Waals surface area (Å²) in [6.07, 6.45) is 11.7. The van der Waals surface area contributed by atoms with Crippen LogP contribution in [0.2, 0.25) is 0 Å². The van der Waals surface area contributed by atoms with Crippen molar-refractivity contribution < 1.29 is 0 Å². The van der Waals surface area contributed by atoms with Crippen molar-refractivity contribution in [2.75, 3.05) is 5.73 Å². The minimum Gasteiger partial charge on any atom is -0.398 e. The number of hydrogen-bond acceptors (Lipinski definition) is 1. The summed E-state index contributed by atoms with van der Waals surface area (Å²) in [5.74, 6) is 0. The van der Waals surface area contributed by atoms with E-state index in [1.165, 1.54) is 83.7 Å². The van der Waals surface area contributed by atoms with Crippen molar-refractivity contribution in [2.24, 2.45) is 5.41 Å². The second-order valence-corrected chi connectivity index (χ2v) is 9.76. The summed E-state index contributed by atoms with van der Waals surface area (Å²) in [5.41, 5.74) is 15.6. The van der Waals surface area contributed by atoms with E-state index < -0.39 is 0 Å². The van der Waals surface area contributed by atoms with Crippen LogP contribution in [0.5, 0.6) is 0 Å². The Morgan fingerprint density at radius 1 is 1.00 bits per heavy atom. The quantitative estimate of drug-likeness (QED) is 0.429. The fraction of sp³-hybridized carbons (Fsp3) is 0.500. The van der Waals surface area contributed by atoms with Gasteiger partial charge in [-0.15, -0.1) is 0 Å². The molecule has 1 aliphatic rings. The van der Waals surface area contributed by atoms with E-state index in [9.17, 15) is 0 Å². The zero-order chi connectivity index (χ0) is 21.5. The molecule has 4 rings (SSSR count). The molecule has 0 unspecified atom stereocenters. The van der Waals surface area contributed by atoms with Gasteiger partial charge in [-0.05, 0) is 98.7 Å². The fourth-order valence-corrected chi connectivity index (χ4v) is 5.77. The lowest BCUT2D eigenvalue weighted by Gasteiger charge is -2.40. The van der Waals surface area contributed by atoms with E-state index in [0.29, 0.717) is 11.5 Å². The highest BCUT2D eigenvalue weighted by Crippen LogP contribution is 2.48. The van der Waals surface area contributed by atoms with E-state index in [1.54, 1.807) is 0 Å². The third-order valence-electron chi connectivity index (χ3n) is 8.05. The summed E-state index contributed by atoms with van der Waals surface area (Å²) < 4.78 is 2.60. The summed E-state index contributed by atoms with van der Waals surface area (Å²) in [4.78, 5) is 0. The van der Waals surface area contributed by atoms with Gasteiger partial charge in [0.2, 0.25) is 0 Å². The Bertz CT molecular complexity index is 1050. The molecular formula is C28H38N2. The topological polar surface area (TPSA) is 30.9 Å². The first kappa shape index (κ1) is 21.0. The number of fused-ring (bicyclic) bond motifs is 1. The normalized spacial score (nSPS) is 22.0. The van der Waals surface area contributed by atoms with Crippen molar-refractivity contribution in [1.29, 1.82) is 0 Å². The number of benzene rings is 2. The van der Waals surface area contributed by atoms with Gasteiger partial charge in [0.15, 0.2) is 0 Å². The van der Waals surface area contributed by atoms with Crippen molar-refractivity contribution in [3.8, 4) is 11.1 Å². The summed E-state index contributed by atoms with van der Waals surface area (Å²) >= 11 is 0. The lowest BCUT2D eigenvalue weighted by Crippen LogP contribution is -2.28. The molecule has 2 nitrogen and oxygen atoms in total. The van der Waals surface area contributed by atoms with Crippen molar-refractivity contribution in [3.63, 3.8) is 0 Å². The Kier molecular flexibility index (Phi) is 5.70. The Balaban J connectivity index is 1.80. The molecule has 1 aromatic heterocycles. The molecule has 160 valence electrons. The van der Waals surface area contributed by atoms with Crippen LogP contribution >= 0.6 is 0 Å². The molecule has 2 N–H and O–H groups in total. The zero-order valence-electron chi connectivity index (χ0n) is 19.5. The number of aromatic nitrogens is 1. The molecule has 0 aliphatic heterocycles. The van der Waals surface area contributed by atoms with Gasteiger partial charge in [-0.3, -0.25) is 0 Å². The Labute approximate surface area is 182 Å². The van der Waals surface area contributed by atoms with Gasteiger partial charge in [-0.25, -0.2) is 0 Å². The van der Waals surface area contributed by atoms with Crippen LogP contribution in [0.3, 0.4) is 0 Å². The van der Waals surface area contributed by atoms with Crippen LogP contribution in [0.4, 0.5) is 5.69 Å². The Morgan fingerprint density at radius 2 is 1.70 bits per heavy atom. The maximum atomic E-state index is 6.27. The summed E-state index contributed by atoms with van der Waals surface area (Å²) in [5, 5.41) is 1.37. The van der Waals surface area contributed by atoms with E-state index in [0.717, 1.165) is 5.69 Å². The van der Waals surface area contributed by atoms with E-state index in [-0.39, 0.29) is 0 Å². The van der Waals surface area contributed by atoms with Crippen LogP contribution in [-0.4, -0.2) is 4.57 Å². The summed E-state index contributed by atoms with van der Waals surface area (Å²) in [7, 11) is 0. The van der Waals surface area contributed by atoms with Crippen molar-refractivity contribution >= 4 is 16.6 Å². The molecule has 1 saturated carbocycles. The summed E-state index contributed by atoms with van der Waals surface area (Å²) in [6, 6.07) is 11.7. The second-order valence-electron chi connectivity index (χ2n) is 9.76. The molecule has 0 atom stereocenters. The van der Waals surface area contributed by atoms with E-state index in [4.69, 9.17) is 5.73 Å². The molecule has 1 fully saturated rings. The van der Waals surface area contributed by atoms with E-state index >= 15 is 0 Å². The highest BCUT2D eigenvalue weighted by molar-refractivity contribution is 5.98. The summed E-state index contributed by atoms with van der Waals surface area (Å²) in [6.45, 7) is 11.3. The van der Waals surface area contributed by atoms with Gasteiger partial charge < -0.3 is 10.3 Å². The number of nitrogens with zero attached hydrogens (tertiary/aromatic N) is 1. The molecule has 2 heteroatoms. The van der Waals surface area contributed by atoms with Gasteiger partial charge in [-0.2, -0.15) is 0 Å². The molecule has 0 saturated heterocycles. The van der Waals surface area contributed by atoms with Gasteiger partial charge in [0.1, 0.15) is 0 Å². The van der Waals surface area contributed by atoms with Crippen LogP contribution in [0.25, 0.3) is 22.0 Å². The van der Waals surface area contributed by atoms with Crippen LogP contribution < -0.4 is 5.73 Å². The van der Waals surface area contributed by atoms with Gasteiger partial charge in [0.25, 0.3) is 0 Å². The average Bonchev–Trinajstić information content (AvgIpc) is 3.09. The minimum absolute atomic E-state index is 0.577. The minimum atomic E-state index is 0.577. The average molecular weight is 403 g/mol. The first-order valence-corrected chi connectivity index (χ1v) is 11.9. The standard InChI is InChI=1S/C28H38N2/c1-6-13-28(7-2)14-11-22(12-15-28)30-18-25(23-9-8-10-26(29)21(23)5)24-16-19(3)20(4)17-27(24)30/h8-10,16-18,22H,6-7,11-15,29H2,1-5H3. The lowest BCUT2D eigenvalue weighted by molar-refractivity contribution is 0.133. The molecule has 1 heterocycles. The third kappa shape index (κ3) is 3.55. The molecule has 0 spiro atoms. The maximum absolute atomic E-state index is 6.27. The highest BCUT2D eigenvalue weighted by Gasteiger charge is 2.34. The van der Waals surface area contributed by atoms with Crippen LogP contribution in [-0.2, 0) is 0 Å². The van der Waals surface area contributed by atoms with Crippen molar-refractivity contribution in [3.05, 3.63) is 53.2 Å². The smallest absolute Gasteiger partial charge is 0.0492 e. The second kappa shape index (κ2) is 8.13. The zero-order valence-corrected chi connectivity index (χ0v) is 19.5. The van der Waals surface area contributed by atoms with Gasteiger partial charge in [0.05, 0.1) is 0 Å². The molecule has 30 heavy (non-hydrogen) atoms. The number of aryl methyl sites for hydroxylation is 2. The van der Waals surface area contributed by atoms with Crippen LogP contribution in [0.1, 0.15) is 81.5 Å². The monoisotopic (exact) mass is 402 g/mol. The molecular weight excluding hydrogens is 364 g/mol. The Morgan fingerprint density at radius 3 is 2.37 bits per heavy atom. The van der Waals surface area contributed by atoms with Crippen molar-refractivity contribution in [1.82, 2.24) is 4.57 Å². The maximum Gasteiger partial charge on any atom is 0.0492 e. The van der Waals surface area contributed by atoms with E-state index in [2.05, 4.69) is 69.6 Å². The first-order chi connectivity index (χ1) is 14.4. The predicted molar refractivity (Wildman–Crippen MR) is 131 cm³/mol. The molecule has 1 aliphatic carbocycles. The molecule has 2 aromatic carbocycles. The Hall–Kier alpha value is -2.22.